The summed E-state index contributed by atoms with van der Waals surface area (Å²) in [4.78, 5) is 0. The molecule has 2 unspecified atom stereocenters. The van der Waals surface area contributed by atoms with Crippen LogP contribution < -0.4 is 5.32 Å². The third kappa shape index (κ3) is 4.38. The number of phenolic OH excluding ortho intramolecular Hbond substituents is 1. The summed E-state index contributed by atoms with van der Waals surface area (Å²) < 4.78 is 0. The molecule has 3 heteroatoms. The molecule has 1 rings (SSSR count). The van der Waals surface area contributed by atoms with E-state index in [2.05, 4.69) is 25.2 Å². The van der Waals surface area contributed by atoms with Gasteiger partial charge in [-0.2, -0.15) is 5.26 Å². The number of aryl methyl sites for hydroxylation is 1. The number of phenols is 1. The SMILES string of the molecule is CCC(C)NC(C)(C#N)CCc1ccc(O)cc1. The number of hydrogen-bond acceptors (Lipinski definition) is 3. The first-order valence-corrected chi connectivity index (χ1v) is 6.46. The minimum absolute atomic E-state index is 0.277. The maximum atomic E-state index is 9.30. The molecule has 1 aromatic rings. The Labute approximate surface area is 109 Å². The fraction of sp³-hybridized carbons (Fsp3) is 0.533. The molecule has 0 aliphatic carbocycles. The van der Waals surface area contributed by atoms with Gasteiger partial charge in [0.15, 0.2) is 0 Å². The fourth-order valence-corrected chi connectivity index (χ4v) is 1.86. The van der Waals surface area contributed by atoms with Crippen LogP contribution in [0.1, 0.15) is 39.2 Å². The summed E-state index contributed by atoms with van der Waals surface area (Å²) >= 11 is 0. The van der Waals surface area contributed by atoms with Crippen molar-refractivity contribution in [2.75, 3.05) is 0 Å². The first kappa shape index (κ1) is 14.5. The van der Waals surface area contributed by atoms with Crippen molar-refractivity contribution < 1.29 is 5.11 Å². The van der Waals surface area contributed by atoms with Crippen molar-refractivity contribution in [2.45, 2.75) is 51.6 Å². The Morgan fingerprint density at radius 1 is 1.39 bits per heavy atom. The van der Waals surface area contributed by atoms with Crippen LogP contribution in [0.25, 0.3) is 0 Å². The maximum absolute atomic E-state index is 9.30. The highest BCUT2D eigenvalue weighted by Gasteiger charge is 2.24. The Hall–Kier alpha value is -1.53. The number of rotatable bonds is 6. The van der Waals surface area contributed by atoms with E-state index in [1.165, 1.54) is 0 Å². The van der Waals surface area contributed by atoms with Crippen LogP contribution in [-0.2, 0) is 6.42 Å². The Morgan fingerprint density at radius 2 is 2.00 bits per heavy atom. The first-order chi connectivity index (χ1) is 8.49. The van der Waals surface area contributed by atoms with E-state index in [1.54, 1.807) is 12.1 Å². The summed E-state index contributed by atoms with van der Waals surface area (Å²) in [6.07, 6.45) is 2.60. The maximum Gasteiger partial charge on any atom is 0.115 e. The number of benzene rings is 1. The Balaban J connectivity index is 2.59. The Bertz CT molecular complexity index is 407. The Kier molecular flexibility index (Phi) is 5.18. The van der Waals surface area contributed by atoms with Gasteiger partial charge in [-0.1, -0.05) is 19.1 Å². The van der Waals surface area contributed by atoms with Crippen molar-refractivity contribution in [3.05, 3.63) is 29.8 Å². The molecule has 0 saturated heterocycles. The molecule has 0 amide bonds. The predicted octanol–water partition coefficient (Wildman–Crippen LogP) is 3.00. The minimum atomic E-state index is -0.493. The van der Waals surface area contributed by atoms with Gasteiger partial charge in [-0.25, -0.2) is 0 Å². The second-order valence-electron chi connectivity index (χ2n) is 5.06. The third-order valence-electron chi connectivity index (χ3n) is 3.27. The van der Waals surface area contributed by atoms with Gasteiger partial charge in [0.1, 0.15) is 11.3 Å². The smallest absolute Gasteiger partial charge is 0.115 e. The van der Waals surface area contributed by atoms with E-state index < -0.39 is 5.54 Å². The zero-order valence-corrected chi connectivity index (χ0v) is 11.4. The zero-order valence-electron chi connectivity index (χ0n) is 11.4. The fourth-order valence-electron chi connectivity index (χ4n) is 1.86. The zero-order chi connectivity index (χ0) is 13.6. The normalized spacial score (nSPS) is 15.7. The Morgan fingerprint density at radius 3 is 2.50 bits per heavy atom. The average Bonchev–Trinajstić information content (AvgIpc) is 2.38. The molecular weight excluding hydrogens is 224 g/mol. The molecule has 0 radical (unpaired) electrons. The van der Waals surface area contributed by atoms with E-state index in [4.69, 9.17) is 0 Å². The van der Waals surface area contributed by atoms with E-state index >= 15 is 0 Å². The van der Waals surface area contributed by atoms with Gasteiger partial charge in [0.2, 0.25) is 0 Å². The lowest BCUT2D eigenvalue weighted by atomic mass is 9.93. The van der Waals surface area contributed by atoms with Crippen LogP contribution in [-0.4, -0.2) is 16.7 Å². The molecule has 2 atom stereocenters. The second-order valence-corrected chi connectivity index (χ2v) is 5.06. The molecule has 18 heavy (non-hydrogen) atoms. The number of nitrogens with one attached hydrogen (secondary N) is 1. The predicted molar refractivity (Wildman–Crippen MR) is 73.3 cm³/mol. The van der Waals surface area contributed by atoms with Gasteiger partial charge in [0.25, 0.3) is 0 Å². The monoisotopic (exact) mass is 246 g/mol. The van der Waals surface area contributed by atoms with E-state index in [1.807, 2.05) is 19.1 Å². The average molecular weight is 246 g/mol. The van der Waals surface area contributed by atoms with Gasteiger partial charge in [0, 0.05) is 6.04 Å². The highest BCUT2D eigenvalue weighted by molar-refractivity contribution is 5.26. The summed E-state index contributed by atoms with van der Waals surface area (Å²) in [7, 11) is 0. The molecule has 3 nitrogen and oxygen atoms in total. The molecule has 0 heterocycles. The van der Waals surface area contributed by atoms with Crippen molar-refractivity contribution in [2.24, 2.45) is 0 Å². The van der Waals surface area contributed by atoms with E-state index in [0.717, 1.165) is 24.8 Å². The topological polar surface area (TPSA) is 56.0 Å². The number of nitrogens with zero attached hydrogens (tertiary/aromatic N) is 1. The van der Waals surface area contributed by atoms with Crippen molar-refractivity contribution in [1.29, 1.82) is 5.26 Å². The summed E-state index contributed by atoms with van der Waals surface area (Å²) in [5.74, 6) is 0.277. The minimum Gasteiger partial charge on any atom is -0.508 e. The van der Waals surface area contributed by atoms with Gasteiger partial charge >= 0.3 is 0 Å². The summed E-state index contributed by atoms with van der Waals surface area (Å²) in [6, 6.07) is 9.87. The highest BCUT2D eigenvalue weighted by atomic mass is 16.3. The van der Waals surface area contributed by atoms with Gasteiger partial charge in [-0.05, 0) is 50.8 Å². The van der Waals surface area contributed by atoms with Crippen LogP contribution in [0.5, 0.6) is 5.75 Å². The van der Waals surface area contributed by atoms with Crippen LogP contribution in [0.2, 0.25) is 0 Å². The lowest BCUT2D eigenvalue weighted by Gasteiger charge is -2.27. The molecule has 0 bridgehead atoms. The largest absolute Gasteiger partial charge is 0.508 e. The summed E-state index contributed by atoms with van der Waals surface area (Å²) in [5, 5.41) is 21.9. The molecule has 0 aliphatic rings. The number of aromatic hydroxyl groups is 1. The van der Waals surface area contributed by atoms with Crippen LogP contribution in [0.4, 0.5) is 0 Å². The molecule has 0 aliphatic heterocycles. The molecule has 1 aromatic carbocycles. The molecule has 0 saturated carbocycles. The quantitative estimate of drug-likeness (QED) is 0.811. The van der Waals surface area contributed by atoms with E-state index in [9.17, 15) is 10.4 Å². The second kappa shape index (κ2) is 6.42. The van der Waals surface area contributed by atoms with Gasteiger partial charge in [-0.15, -0.1) is 0 Å². The van der Waals surface area contributed by atoms with Gasteiger partial charge < -0.3 is 5.11 Å². The standard InChI is InChI=1S/C15H22N2O/c1-4-12(2)17-15(3,11-16)10-9-13-5-7-14(18)8-6-13/h5-8,12,17-18H,4,9-10H2,1-3H3. The summed E-state index contributed by atoms with van der Waals surface area (Å²) in [5.41, 5.74) is 0.646. The van der Waals surface area contributed by atoms with Crippen molar-refractivity contribution in [3.63, 3.8) is 0 Å². The van der Waals surface area contributed by atoms with E-state index in [0.29, 0.717) is 6.04 Å². The number of nitriles is 1. The van der Waals surface area contributed by atoms with E-state index in [-0.39, 0.29) is 5.75 Å². The number of hydrogen-bond donors (Lipinski definition) is 2. The molecule has 0 fully saturated rings. The lowest BCUT2D eigenvalue weighted by Crippen LogP contribution is -2.46. The first-order valence-electron chi connectivity index (χ1n) is 6.46. The van der Waals surface area contributed by atoms with Crippen LogP contribution in [0.3, 0.4) is 0 Å². The third-order valence-corrected chi connectivity index (χ3v) is 3.27. The lowest BCUT2D eigenvalue weighted by molar-refractivity contribution is 0.364. The van der Waals surface area contributed by atoms with Crippen LogP contribution >= 0.6 is 0 Å². The summed E-state index contributed by atoms with van der Waals surface area (Å²) in [6.45, 7) is 6.14. The highest BCUT2D eigenvalue weighted by Crippen LogP contribution is 2.17. The molecule has 0 spiro atoms. The van der Waals surface area contributed by atoms with Crippen LogP contribution in [0, 0.1) is 11.3 Å². The molecule has 98 valence electrons. The van der Waals surface area contributed by atoms with Gasteiger partial charge in [0.05, 0.1) is 6.07 Å². The molecular formula is C15H22N2O. The molecule has 2 N–H and O–H groups in total. The van der Waals surface area contributed by atoms with Crippen molar-refractivity contribution in [1.82, 2.24) is 5.32 Å². The van der Waals surface area contributed by atoms with Gasteiger partial charge in [-0.3, -0.25) is 5.32 Å². The van der Waals surface area contributed by atoms with Crippen molar-refractivity contribution in [3.8, 4) is 11.8 Å². The van der Waals surface area contributed by atoms with Crippen molar-refractivity contribution >= 4 is 0 Å². The molecule has 0 aromatic heterocycles. The van der Waals surface area contributed by atoms with Crippen LogP contribution in [0.15, 0.2) is 24.3 Å².